The van der Waals surface area contributed by atoms with E-state index in [1.165, 1.54) is 0 Å². The summed E-state index contributed by atoms with van der Waals surface area (Å²) in [5.41, 5.74) is 1.08. The quantitative estimate of drug-likeness (QED) is 0.727. The Balaban J connectivity index is 1.70. The van der Waals surface area contributed by atoms with E-state index in [0.29, 0.717) is 0 Å². The number of rotatable bonds is 2. The molecule has 0 N–H and O–H groups in total. The molecule has 2 aromatic heterocycles. The molecule has 1 aliphatic heterocycles. The van der Waals surface area contributed by atoms with Gasteiger partial charge in [0, 0.05) is 11.8 Å². The van der Waals surface area contributed by atoms with E-state index in [2.05, 4.69) is 36.8 Å². The standard InChI is InChI=1S/C15H13N5S/c1-2-6-12(7-3-1)14-17-18-15-20(14)10-19(11-21-15)13-8-4-5-9-16-13/h1-9H,10-11H2. The zero-order valence-corrected chi connectivity index (χ0v) is 12.1. The number of anilines is 1. The number of hydrogen-bond donors (Lipinski definition) is 0. The van der Waals surface area contributed by atoms with E-state index >= 15 is 0 Å². The third kappa shape index (κ3) is 2.27. The topological polar surface area (TPSA) is 46.8 Å². The van der Waals surface area contributed by atoms with Crippen molar-refractivity contribution < 1.29 is 0 Å². The minimum absolute atomic E-state index is 0.719. The van der Waals surface area contributed by atoms with Gasteiger partial charge in [-0.2, -0.15) is 0 Å². The Morgan fingerprint density at radius 2 is 1.81 bits per heavy atom. The highest BCUT2D eigenvalue weighted by molar-refractivity contribution is 7.99. The molecule has 0 saturated heterocycles. The van der Waals surface area contributed by atoms with E-state index in [1.807, 2.05) is 42.6 Å². The molecule has 0 bridgehead atoms. The van der Waals surface area contributed by atoms with Crippen molar-refractivity contribution >= 4 is 17.6 Å². The van der Waals surface area contributed by atoms with Gasteiger partial charge in [-0.1, -0.05) is 48.2 Å². The Hall–Kier alpha value is -2.34. The predicted molar refractivity (Wildman–Crippen MR) is 82.9 cm³/mol. The van der Waals surface area contributed by atoms with Crippen molar-refractivity contribution in [3.63, 3.8) is 0 Å². The third-order valence-electron chi connectivity index (χ3n) is 3.38. The highest BCUT2D eigenvalue weighted by atomic mass is 32.2. The van der Waals surface area contributed by atoms with Crippen LogP contribution >= 0.6 is 11.8 Å². The highest BCUT2D eigenvalue weighted by Gasteiger charge is 2.22. The summed E-state index contributed by atoms with van der Waals surface area (Å²) >= 11 is 1.68. The lowest BCUT2D eigenvalue weighted by atomic mass is 10.2. The molecule has 0 fully saturated rings. The predicted octanol–water partition coefficient (Wildman–Crippen LogP) is 2.87. The summed E-state index contributed by atoms with van der Waals surface area (Å²) in [5, 5.41) is 9.59. The molecule has 0 spiro atoms. The number of fused-ring (bicyclic) bond motifs is 1. The second-order valence-corrected chi connectivity index (χ2v) is 5.65. The summed E-state index contributed by atoms with van der Waals surface area (Å²) in [6, 6.07) is 16.1. The summed E-state index contributed by atoms with van der Waals surface area (Å²) in [6.07, 6.45) is 1.82. The zero-order chi connectivity index (χ0) is 14.1. The van der Waals surface area contributed by atoms with Crippen LogP contribution in [0.4, 0.5) is 5.82 Å². The fourth-order valence-electron chi connectivity index (χ4n) is 2.35. The van der Waals surface area contributed by atoms with Crippen molar-refractivity contribution in [1.82, 2.24) is 19.7 Å². The Bertz CT molecular complexity index is 741. The molecule has 3 heterocycles. The van der Waals surface area contributed by atoms with Crippen LogP contribution in [0.3, 0.4) is 0 Å². The minimum atomic E-state index is 0.719. The van der Waals surface area contributed by atoms with Gasteiger partial charge in [-0.25, -0.2) is 4.98 Å². The van der Waals surface area contributed by atoms with Crippen molar-refractivity contribution in [2.75, 3.05) is 10.8 Å². The van der Waals surface area contributed by atoms with Crippen LogP contribution in [0.5, 0.6) is 0 Å². The molecule has 1 aliphatic rings. The molecule has 0 atom stereocenters. The molecule has 4 rings (SSSR count). The Labute approximate surface area is 126 Å². The number of hydrogen-bond acceptors (Lipinski definition) is 5. The van der Waals surface area contributed by atoms with E-state index in [4.69, 9.17) is 0 Å². The Kier molecular flexibility index (Phi) is 3.08. The first-order valence-corrected chi connectivity index (χ1v) is 7.68. The summed E-state index contributed by atoms with van der Waals surface area (Å²) in [5.74, 6) is 2.71. The zero-order valence-electron chi connectivity index (χ0n) is 11.3. The van der Waals surface area contributed by atoms with Gasteiger partial charge in [-0.05, 0) is 12.1 Å². The van der Waals surface area contributed by atoms with Gasteiger partial charge in [0.15, 0.2) is 11.0 Å². The lowest BCUT2D eigenvalue weighted by molar-refractivity contribution is 0.603. The first-order valence-electron chi connectivity index (χ1n) is 6.69. The molecular formula is C15H13N5S. The summed E-state index contributed by atoms with van der Waals surface area (Å²) in [7, 11) is 0. The number of aromatic nitrogens is 4. The molecule has 104 valence electrons. The molecule has 0 aliphatic carbocycles. The highest BCUT2D eigenvalue weighted by Crippen LogP contribution is 2.30. The summed E-state index contributed by atoms with van der Waals surface area (Å²) < 4.78 is 2.14. The van der Waals surface area contributed by atoms with E-state index in [1.54, 1.807) is 11.8 Å². The maximum atomic E-state index is 4.42. The molecule has 21 heavy (non-hydrogen) atoms. The Morgan fingerprint density at radius 3 is 2.62 bits per heavy atom. The van der Waals surface area contributed by atoms with Crippen molar-refractivity contribution in [2.24, 2.45) is 0 Å². The molecular weight excluding hydrogens is 282 g/mol. The number of nitrogens with zero attached hydrogens (tertiary/aromatic N) is 5. The van der Waals surface area contributed by atoms with Crippen LogP contribution in [0.2, 0.25) is 0 Å². The molecule has 5 nitrogen and oxygen atoms in total. The van der Waals surface area contributed by atoms with Crippen molar-refractivity contribution in [3.8, 4) is 11.4 Å². The average molecular weight is 295 g/mol. The van der Waals surface area contributed by atoms with Crippen LogP contribution in [0.15, 0.2) is 59.9 Å². The monoisotopic (exact) mass is 295 g/mol. The molecule has 0 radical (unpaired) electrons. The molecule has 0 amide bonds. The van der Waals surface area contributed by atoms with Crippen LogP contribution in [0.25, 0.3) is 11.4 Å². The molecule has 0 saturated carbocycles. The lowest BCUT2D eigenvalue weighted by Crippen LogP contribution is -2.31. The van der Waals surface area contributed by atoms with Gasteiger partial charge in [0.05, 0.1) is 5.88 Å². The second-order valence-electron chi connectivity index (χ2n) is 4.74. The van der Waals surface area contributed by atoms with Gasteiger partial charge in [0.25, 0.3) is 0 Å². The summed E-state index contributed by atoms with van der Waals surface area (Å²) in [4.78, 5) is 6.64. The molecule has 0 unspecified atom stereocenters. The lowest BCUT2D eigenvalue weighted by Gasteiger charge is -2.28. The fourth-order valence-corrected chi connectivity index (χ4v) is 3.23. The average Bonchev–Trinajstić information content (AvgIpc) is 2.99. The van der Waals surface area contributed by atoms with Crippen LogP contribution in [0.1, 0.15) is 0 Å². The number of thioether (sulfide) groups is 1. The molecule has 3 aromatic rings. The van der Waals surface area contributed by atoms with E-state index in [9.17, 15) is 0 Å². The molecule has 6 heteroatoms. The van der Waals surface area contributed by atoms with Crippen molar-refractivity contribution in [1.29, 1.82) is 0 Å². The van der Waals surface area contributed by atoms with E-state index < -0.39 is 0 Å². The minimum Gasteiger partial charge on any atom is -0.329 e. The van der Waals surface area contributed by atoms with Crippen molar-refractivity contribution in [3.05, 3.63) is 54.7 Å². The van der Waals surface area contributed by atoms with Crippen molar-refractivity contribution in [2.45, 2.75) is 11.8 Å². The van der Waals surface area contributed by atoms with Gasteiger partial charge < -0.3 is 4.90 Å². The van der Waals surface area contributed by atoms with Gasteiger partial charge in [-0.3, -0.25) is 4.57 Å². The van der Waals surface area contributed by atoms with Crippen LogP contribution < -0.4 is 4.90 Å². The maximum absolute atomic E-state index is 4.42. The first kappa shape index (κ1) is 12.4. The van der Waals surface area contributed by atoms with Crippen LogP contribution in [0, 0.1) is 0 Å². The number of pyridine rings is 1. The SMILES string of the molecule is c1ccc(-c2nnc3n2CN(c2ccccn2)CS3)cc1. The largest absolute Gasteiger partial charge is 0.329 e. The first-order chi connectivity index (χ1) is 10.4. The van der Waals surface area contributed by atoms with Gasteiger partial charge >= 0.3 is 0 Å². The third-order valence-corrected chi connectivity index (χ3v) is 4.38. The van der Waals surface area contributed by atoms with E-state index in [-0.39, 0.29) is 0 Å². The summed E-state index contributed by atoms with van der Waals surface area (Å²) in [6.45, 7) is 0.719. The van der Waals surface area contributed by atoms with E-state index in [0.717, 1.165) is 34.9 Å². The van der Waals surface area contributed by atoms with Crippen LogP contribution in [-0.2, 0) is 6.67 Å². The Morgan fingerprint density at radius 1 is 0.952 bits per heavy atom. The van der Waals surface area contributed by atoms with Gasteiger partial charge in [0.1, 0.15) is 12.5 Å². The normalized spacial score (nSPS) is 14.0. The van der Waals surface area contributed by atoms with Gasteiger partial charge in [-0.15, -0.1) is 10.2 Å². The fraction of sp³-hybridized carbons (Fsp3) is 0.133. The second kappa shape index (κ2) is 5.21. The smallest absolute Gasteiger partial charge is 0.194 e. The number of benzene rings is 1. The van der Waals surface area contributed by atoms with Gasteiger partial charge in [0.2, 0.25) is 0 Å². The maximum Gasteiger partial charge on any atom is 0.194 e. The van der Waals surface area contributed by atoms with Crippen LogP contribution in [-0.4, -0.2) is 25.6 Å². The molecule has 1 aromatic carbocycles.